The third-order valence-electron chi connectivity index (χ3n) is 3.82. The number of phenolic OH excluding ortho intramolecular Hbond substituents is 1. The number of carbonyl (C=O) groups excluding carboxylic acids is 1. The van der Waals surface area contributed by atoms with Gasteiger partial charge in [0.2, 0.25) is 0 Å². The molecule has 7 heteroatoms. The lowest BCUT2D eigenvalue weighted by atomic mass is 10.0. The summed E-state index contributed by atoms with van der Waals surface area (Å²) in [5, 5.41) is 14.9. The maximum atomic E-state index is 12.0. The van der Waals surface area contributed by atoms with E-state index >= 15 is 0 Å². The molecule has 136 valence electrons. The lowest BCUT2D eigenvalue weighted by Gasteiger charge is -2.09. The minimum atomic E-state index is -0.362. The van der Waals surface area contributed by atoms with E-state index in [0.717, 1.165) is 11.1 Å². The number of benzene rings is 2. The Morgan fingerprint density at radius 2 is 1.96 bits per heavy atom. The summed E-state index contributed by atoms with van der Waals surface area (Å²) >= 11 is 9.57. The van der Waals surface area contributed by atoms with E-state index in [9.17, 15) is 9.90 Å². The van der Waals surface area contributed by atoms with Gasteiger partial charge in [-0.15, -0.1) is 0 Å². The van der Waals surface area contributed by atoms with Crippen LogP contribution in [0.25, 0.3) is 0 Å². The molecule has 1 aromatic heterocycles. The molecule has 0 bridgehead atoms. The van der Waals surface area contributed by atoms with Gasteiger partial charge in [0.15, 0.2) is 0 Å². The summed E-state index contributed by atoms with van der Waals surface area (Å²) in [4.78, 5) is 15.9. The Morgan fingerprint density at radius 3 is 2.70 bits per heavy atom. The van der Waals surface area contributed by atoms with Crippen molar-refractivity contribution in [1.29, 1.82) is 0 Å². The average Bonchev–Trinajstić information content (AvgIpc) is 2.68. The van der Waals surface area contributed by atoms with E-state index in [1.807, 2.05) is 30.3 Å². The van der Waals surface area contributed by atoms with E-state index in [0.29, 0.717) is 27.0 Å². The normalized spacial score (nSPS) is 10.9. The highest BCUT2D eigenvalue weighted by Crippen LogP contribution is 2.30. The minimum absolute atomic E-state index is 0.0415. The Kier molecular flexibility index (Phi) is 6.21. The molecule has 0 unspecified atom stereocenters. The van der Waals surface area contributed by atoms with Gasteiger partial charge in [0.1, 0.15) is 5.75 Å². The number of aromatic nitrogens is 1. The van der Waals surface area contributed by atoms with Crippen molar-refractivity contribution in [3.63, 3.8) is 0 Å². The van der Waals surface area contributed by atoms with Crippen LogP contribution in [-0.4, -0.2) is 22.2 Å². The maximum Gasteiger partial charge on any atom is 0.271 e. The molecule has 0 aliphatic rings. The molecule has 0 spiro atoms. The van der Waals surface area contributed by atoms with Crippen molar-refractivity contribution in [2.45, 2.75) is 6.42 Å². The third-order valence-corrected chi connectivity index (χ3v) is 4.79. The highest BCUT2D eigenvalue weighted by atomic mass is 79.9. The predicted molar refractivity (Wildman–Crippen MR) is 109 cm³/mol. The Labute approximate surface area is 169 Å². The van der Waals surface area contributed by atoms with Gasteiger partial charge in [-0.05, 0) is 63.8 Å². The first-order valence-electron chi connectivity index (χ1n) is 8.03. The van der Waals surface area contributed by atoms with Crippen molar-refractivity contribution in [1.82, 2.24) is 10.4 Å². The number of nitrogens with zero attached hydrogens (tertiary/aromatic N) is 2. The van der Waals surface area contributed by atoms with Gasteiger partial charge in [0.05, 0.1) is 10.7 Å². The number of nitrogens with one attached hydrogen (secondary N) is 1. The van der Waals surface area contributed by atoms with Crippen LogP contribution in [0.2, 0.25) is 5.02 Å². The first-order valence-corrected chi connectivity index (χ1v) is 9.20. The van der Waals surface area contributed by atoms with Crippen molar-refractivity contribution in [2.75, 3.05) is 0 Å². The van der Waals surface area contributed by atoms with Gasteiger partial charge in [0.25, 0.3) is 5.91 Å². The summed E-state index contributed by atoms with van der Waals surface area (Å²) in [6, 6.07) is 14.4. The molecule has 0 atom stereocenters. The molecule has 3 rings (SSSR count). The van der Waals surface area contributed by atoms with E-state index in [2.05, 4.69) is 31.4 Å². The van der Waals surface area contributed by atoms with Crippen molar-refractivity contribution in [2.24, 2.45) is 5.10 Å². The van der Waals surface area contributed by atoms with Crippen LogP contribution in [0.4, 0.5) is 0 Å². The van der Waals surface area contributed by atoms with E-state index in [1.54, 1.807) is 18.2 Å². The van der Waals surface area contributed by atoms with Crippen molar-refractivity contribution < 1.29 is 9.90 Å². The largest absolute Gasteiger partial charge is 0.506 e. The topological polar surface area (TPSA) is 74.6 Å². The minimum Gasteiger partial charge on any atom is -0.506 e. The number of carbonyl (C=O) groups is 1. The van der Waals surface area contributed by atoms with Crippen LogP contribution in [0.15, 0.2) is 70.5 Å². The van der Waals surface area contributed by atoms with Crippen LogP contribution in [-0.2, 0) is 6.42 Å². The average molecular weight is 445 g/mol. The van der Waals surface area contributed by atoms with Crippen LogP contribution in [0.5, 0.6) is 5.75 Å². The number of hydrogen-bond donors (Lipinski definition) is 2. The van der Waals surface area contributed by atoms with Crippen LogP contribution < -0.4 is 5.43 Å². The van der Waals surface area contributed by atoms with Gasteiger partial charge >= 0.3 is 0 Å². The summed E-state index contributed by atoms with van der Waals surface area (Å²) in [7, 11) is 0. The Morgan fingerprint density at radius 1 is 1.22 bits per heavy atom. The maximum absolute atomic E-state index is 12.0. The molecule has 0 aliphatic heterocycles. The van der Waals surface area contributed by atoms with Gasteiger partial charge in [0, 0.05) is 28.5 Å². The molecule has 0 radical (unpaired) electrons. The van der Waals surface area contributed by atoms with Crippen LogP contribution in [0, 0.1) is 0 Å². The summed E-state index contributed by atoms with van der Waals surface area (Å²) in [6.07, 6.45) is 5.05. The molecule has 27 heavy (non-hydrogen) atoms. The van der Waals surface area contributed by atoms with Crippen LogP contribution in [0.1, 0.15) is 27.0 Å². The first kappa shape index (κ1) is 19.1. The zero-order valence-corrected chi connectivity index (χ0v) is 16.4. The van der Waals surface area contributed by atoms with E-state index in [4.69, 9.17) is 11.6 Å². The second-order valence-electron chi connectivity index (χ2n) is 5.72. The second-order valence-corrected chi connectivity index (χ2v) is 6.98. The molecule has 0 saturated carbocycles. The van der Waals surface area contributed by atoms with Gasteiger partial charge in [-0.25, -0.2) is 5.43 Å². The molecule has 3 aromatic rings. The molecule has 5 nitrogen and oxygen atoms in total. The Balaban J connectivity index is 1.78. The number of hydrazone groups is 1. The van der Waals surface area contributed by atoms with Gasteiger partial charge in [-0.2, -0.15) is 5.10 Å². The number of aromatic hydroxyl groups is 1. The first-order chi connectivity index (χ1) is 13.0. The molecule has 2 N–H and O–H groups in total. The predicted octanol–water partition coefficient (Wildman–Crippen LogP) is 4.56. The summed E-state index contributed by atoms with van der Waals surface area (Å²) in [5.74, 6) is -0.320. The summed E-state index contributed by atoms with van der Waals surface area (Å²) < 4.78 is 0.536. The smallest absolute Gasteiger partial charge is 0.271 e. The van der Waals surface area contributed by atoms with Crippen LogP contribution in [0.3, 0.4) is 0 Å². The Hall–Kier alpha value is -2.70. The third kappa shape index (κ3) is 4.93. The van der Waals surface area contributed by atoms with E-state index < -0.39 is 0 Å². The van der Waals surface area contributed by atoms with Crippen molar-refractivity contribution >= 4 is 39.7 Å². The van der Waals surface area contributed by atoms with Crippen molar-refractivity contribution in [3.8, 4) is 5.75 Å². The summed E-state index contributed by atoms with van der Waals surface area (Å²) in [6.45, 7) is 0. The molecule has 1 amide bonds. The SMILES string of the molecule is O=C(NN=Cc1cc(Cc2ccccc2Cl)cc(Br)c1O)c1ccncc1. The highest BCUT2D eigenvalue weighted by Gasteiger charge is 2.09. The standard InChI is InChI=1S/C20H15BrClN3O2/c21-17-11-13(9-15-3-1-2-4-18(15)22)10-16(19(17)26)12-24-25-20(27)14-5-7-23-8-6-14/h1-8,10-12,26H,9H2,(H,25,27). The molecular formula is C20H15BrClN3O2. The van der Waals surface area contributed by atoms with E-state index in [-0.39, 0.29) is 11.7 Å². The lowest BCUT2D eigenvalue weighted by molar-refractivity contribution is 0.0955. The number of amides is 1. The number of pyridine rings is 1. The molecule has 1 heterocycles. The lowest BCUT2D eigenvalue weighted by Crippen LogP contribution is -2.17. The number of halogens is 2. The molecule has 0 saturated heterocycles. The van der Waals surface area contributed by atoms with E-state index in [1.165, 1.54) is 18.6 Å². The number of hydrogen-bond acceptors (Lipinski definition) is 4. The van der Waals surface area contributed by atoms with Crippen molar-refractivity contribution in [3.05, 3.63) is 92.7 Å². The fourth-order valence-electron chi connectivity index (χ4n) is 2.47. The number of phenols is 1. The number of rotatable bonds is 5. The second kappa shape index (κ2) is 8.79. The van der Waals surface area contributed by atoms with Gasteiger partial charge in [-0.3, -0.25) is 9.78 Å². The van der Waals surface area contributed by atoms with Gasteiger partial charge < -0.3 is 5.11 Å². The zero-order valence-electron chi connectivity index (χ0n) is 14.1. The van der Waals surface area contributed by atoms with Gasteiger partial charge in [-0.1, -0.05) is 29.8 Å². The fraction of sp³-hybridized carbons (Fsp3) is 0.0500. The fourth-order valence-corrected chi connectivity index (χ4v) is 3.19. The quantitative estimate of drug-likeness (QED) is 0.447. The highest BCUT2D eigenvalue weighted by molar-refractivity contribution is 9.10. The monoisotopic (exact) mass is 443 g/mol. The molecule has 0 aliphatic carbocycles. The molecular weight excluding hydrogens is 430 g/mol. The summed E-state index contributed by atoms with van der Waals surface area (Å²) in [5.41, 5.74) is 5.26. The molecule has 0 fully saturated rings. The zero-order chi connectivity index (χ0) is 19.2. The Bertz CT molecular complexity index is 994. The molecule has 2 aromatic carbocycles. The van der Waals surface area contributed by atoms with Crippen LogP contribution >= 0.6 is 27.5 Å².